The number of benzene rings is 4. The van der Waals surface area contributed by atoms with Gasteiger partial charge in [0.1, 0.15) is 18.1 Å². The first kappa shape index (κ1) is 34.5. The van der Waals surface area contributed by atoms with Gasteiger partial charge in [-0.05, 0) is 66.9 Å². The number of aromatic nitrogens is 2. The molecule has 1 unspecified atom stereocenters. The van der Waals surface area contributed by atoms with Crippen molar-refractivity contribution in [1.82, 2.24) is 10.2 Å². The molecule has 0 aliphatic carbocycles. The second-order valence-corrected chi connectivity index (χ2v) is 13.7. The Morgan fingerprint density at radius 2 is 1.54 bits per heavy atom. The zero-order valence-corrected chi connectivity index (χ0v) is 29.8. The van der Waals surface area contributed by atoms with Crippen LogP contribution in [0.2, 0.25) is 0 Å². The van der Waals surface area contributed by atoms with Gasteiger partial charge in [0.2, 0.25) is 10.9 Å². The van der Waals surface area contributed by atoms with Crippen LogP contribution in [0.3, 0.4) is 0 Å². The Bertz CT molecular complexity index is 2030. The predicted octanol–water partition coefficient (Wildman–Crippen LogP) is 7.68. The molecule has 2 heterocycles. The van der Waals surface area contributed by atoms with E-state index in [0.29, 0.717) is 50.8 Å². The van der Waals surface area contributed by atoms with Gasteiger partial charge in [0.25, 0.3) is 5.78 Å². The maximum atomic E-state index is 13.8. The molecule has 12 heteroatoms. The molecule has 1 fully saturated rings. The molecule has 0 bridgehead atoms. The van der Waals surface area contributed by atoms with Crippen molar-refractivity contribution in [3.8, 4) is 23.0 Å². The molecule has 0 spiro atoms. The summed E-state index contributed by atoms with van der Waals surface area (Å²) in [4.78, 5) is 29.0. The summed E-state index contributed by atoms with van der Waals surface area (Å²) >= 11 is 2.66. The average Bonchev–Trinajstić information content (AvgIpc) is 3.71. The normalized spacial score (nSPS) is 15.3. The third-order valence-corrected chi connectivity index (χ3v) is 10.3. The third kappa shape index (κ3) is 7.17. The molecule has 0 radical (unpaired) electrons. The van der Waals surface area contributed by atoms with E-state index in [-0.39, 0.29) is 16.5 Å². The minimum atomic E-state index is -1.09. The highest BCUT2D eigenvalue weighted by Gasteiger charge is 2.49. The lowest BCUT2D eigenvalue weighted by Gasteiger charge is -2.24. The molecule has 0 saturated carbocycles. The molecule has 6 rings (SSSR count). The van der Waals surface area contributed by atoms with Crippen molar-refractivity contribution < 1.29 is 33.6 Å². The summed E-state index contributed by atoms with van der Waals surface area (Å²) in [7, 11) is 4.43. The number of anilines is 1. The maximum Gasteiger partial charge on any atom is 0.301 e. The van der Waals surface area contributed by atoms with E-state index >= 15 is 0 Å². The van der Waals surface area contributed by atoms with Crippen molar-refractivity contribution in [3.63, 3.8) is 0 Å². The fraction of sp³-hybridized carbons (Fsp3) is 0.211. The first-order valence-corrected chi connectivity index (χ1v) is 17.4. The molecule has 4 aromatic carbocycles. The highest BCUT2D eigenvalue weighted by molar-refractivity contribution is 8.00. The molecule has 1 aliphatic heterocycles. The van der Waals surface area contributed by atoms with Crippen LogP contribution in [0.5, 0.6) is 23.0 Å². The van der Waals surface area contributed by atoms with Crippen LogP contribution in [0.1, 0.15) is 39.4 Å². The molecule has 1 aliphatic rings. The standard InChI is InChI=1S/C38H35N3O7S2/c1-22-9-11-24(12-10-22)21-49-38-40-39-37(50-38)41-32(27-18-29(45-3)35(47-5)30(19-27)46-4)31(34(43)36(41)44)33(42)26-13-15-28(16-14-26)48-20-25-8-6-7-23(2)17-25/h6-19,32,42H,20-21H2,1-5H3. The minimum Gasteiger partial charge on any atom is -0.507 e. The Labute approximate surface area is 298 Å². The molecule has 5 aromatic rings. The van der Waals surface area contributed by atoms with Gasteiger partial charge < -0.3 is 24.1 Å². The summed E-state index contributed by atoms with van der Waals surface area (Å²) in [6, 6.07) is 25.1. The number of amides is 1. The average molecular weight is 710 g/mol. The Balaban J connectivity index is 1.37. The number of methoxy groups -OCH3 is 3. The van der Waals surface area contributed by atoms with Crippen molar-refractivity contribution in [1.29, 1.82) is 0 Å². The highest BCUT2D eigenvalue weighted by Crippen LogP contribution is 2.48. The number of ether oxygens (including phenoxy) is 4. The van der Waals surface area contributed by atoms with Gasteiger partial charge in [-0.3, -0.25) is 14.5 Å². The summed E-state index contributed by atoms with van der Waals surface area (Å²) in [6.45, 7) is 4.42. The Morgan fingerprint density at radius 3 is 2.18 bits per heavy atom. The summed E-state index contributed by atoms with van der Waals surface area (Å²) in [5, 5.41) is 20.6. The molecular formula is C38H35N3O7S2. The smallest absolute Gasteiger partial charge is 0.301 e. The van der Waals surface area contributed by atoms with Crippen molar-refractivity contribution in [2.45, 2.75) is 36.6 Å². The van der Waals surface area contributed by atoms with Gasteiger partial charge in [-0.1, -0.05) is 82.8 Å². The lowest BCUT2D eigenvalue weighted by molar-refractivity contribution is -0.132. The molecule has 1 N–H and O–H groups in total. The molecule has 1 amide bonds. The van der Waals surface area contributed by atoms with E-state index < -0.39 is 17.7 Å². The highest BCUT2D eigenvalue weighted by atomic mass is 32.2. The topological polar surface area (TPSA) is 120 Å². The number of carbonyl (C=O) groups is 2. The molecule has 256 valence electrons. The quantitative estimate of drug-likeness (QED) is 0.0454. The number of aliphatic hydroxyl groups excluding tert-OH is 1. The molecule has 1 aromatic heterocycles. The van der Waals surface area contributed by atoms with Crippen LogP contribution in [-0.4, -0.2) is 48.3 Å². The first-order valence-electron chi connectivity index (χ1n) is 15.6. The van der Waals surface area contributed by atoms with E-state index in [0.717, 1.165) is 16.7 Å². The zero-order chi connectivity index (χ0) is 35.4. The van der Waals surface area contributed by atoms with Crippen molar-refractivity contribution >= 4 is 45.7 Å². The molecule has 50 heavy (non-hydrogen) atoms. The number of carbonyl (C=O) groups excluding carboxylic acids is 2. The van der Waals surface area contributed by atoms with E-state index in [1.165, 1.54) is 54.9 Å². The predicted molar refractivity (Wildman–Crippen MR) is 193 cm³/mol. The Hall–Kier alpha value is -5.33. The second-order valence-electron chi connectivity index (χ2n) is 11.6. The molecule has 10 nitrogen and oxygen atoms in total. The van der Waals surface area contributed by atoms with Crippen LogP contribution in [0.25, 0.3) is 5.76 Å². The van der Waals surface area contributed by atoms with Crippen LogP contribution in [-0.2, 0) is 21.9 Å². The number of hydrogen-bond acceptors (Lipinski definition) is 11. The summed E-state index contributed by atoms with van der Waals surface area (Å²) in [5.41, 5.74) is 5.08. The van der Waals surface area contributed by atoms with Crippen molar-refractivity contribution in [2.75, 3.05) is 26.2 Å². The van der Waals surface area contributed by atoms with Gasteiger partial charge in [-0.2, -0.15) is 0 Å². The van der Waals surface area contributed by atoms with Gasteiger partial charge in [0.15, 0.2) is 15.8 Å². The Morgan fingerprint density at radius 1 is 0.840 bits per heavy atom. The lowest BCUT2D eigenvalue weighted by Crippen LogP contribution is -2.29. The van der Waals surface area contributed by atoms with Crippen LogP contribution in [0.15, 0.2) is 94.8 Å². The first-order chi connectivity index (χ1) is 24.2. The van der Waals surface area contributed by atoms with Crippen LogP contribution < -0.4 is 23.8 Å². The van der Waals surface area contributed by atoms with Gasteiger partial charge in [-0.25, -0.2) is 0 Å². The van der Waals surface area contributed by atoms with Crippen molar-refractivity contribution in [3.05, 3.63) is 124 Å². The van der Waals surface area contributed by atoms with E-state index in [9.17, 15) is 14.7 Å². The number of aryl methyl sites for hydroxylation is 2. The fourth-order valence-electron chi connectivity index (χ4n) is 5.63. The zero-order valence-electron chi connectivity index (χ0n) is 28.1. The number of hydrogen-bond donors (Lipinski definition) is 1. The number of thioether (sulfide) groups is 1. The maximum absolute atomic E-state index is 13.8. The number of ketones is 1. The van der Waals surface area contributed by atoms with Gasteiger partial charge in [0, 0.05) is 11.3 Å². The summed E-state index contributed by atoms with van der Waals surface area (Å²) < 4.78 is 23.3. The number of rotatable bonds is 12. The number of Topliss-reactive ketones (excluding diaryl/α,β-unsaturated/α-hetero) is 1. The largest absolute Gasteiger partial charge is 0.507 e. The third-order valence-electron chi connectivity index (χ3n) is 8.15. The van der Waals surface area contributed by atoms with Gasteiger partial charge in [-0.15, -0.1) is 10.2 Å². The van der Waals surface area contributed by atoms with Crippen LogP contribution >= 0.6 is 23.1 Å². The molecule has 1 saturated heterocycles. The van der Waals surface area contributed by atoms with E-state index in [1.54, 1.807) is 36.4 Å². The monoisotopic (exact) mass is 709 g/mol. The second kappa shape index (κ2) is 15.1. The number of nitrogens with zero attached hydrogens (tertiary/aromatic N) is 3. The van der Waals surface area contributed by atoms with Gasteiger partial charge >= 0.3 is 5.91 Å². The summed E-state index contributed by atoms with van der Waals surface area (Å²) in [5.74, 6) is 0.114. The Kier molecular flexibility index (Phi) is 10.4. The van der Waals surface area contributed by atoms with Crippen molar-refractivity contribution in [2.24, 2.45) is 0 Å². The fourth-order valence-corrected chi connectivity index (χ4v) is 7.45. The number of aliphatic hydroxyl groups is 1. The van der Waals surface area contributed by atoms with Gasteiger partial charge in [0.05, 0.1) is 32.9 Å². The van der Waals surface area contributed by atoms with Crippen LogP contribution in [0.4, 0.5) is 5.13 Å². The molecule has 1 atom stereocenters. The van der Waals surface area contributed by atoms with E-state index in [1.807, 2.05) is 50.2 Å². The SMILES string of the molecule is COc1cc(C2C(=C(O)c3ccc(OCc4cccc(C)c4)cc3)C(=O)C(=O)N2c2nnc(SCc3ccc(C)cc3)s2)cc(OC)c1OC. The lowest BCUT2D eigenvalue weighted by atomic mass is 9.94. The summed E-state index contributed by atoms with van der Waals surface area (Å²) in [6.07, 6.45) is 0. The van der Waals surface area contributed by atoms with E-state index in [2.05, 4.69) is 22.3 Å². The molecular weight excluding hydrogens is 675 g/mol. The van der Waals surface area contributed by atoms with Crippen LogP contribution in [0, 0.1) is 13.8 Å². The minimum absolute atomic E-state index is 0.123. The van der Waals surface area contributed by atoms with E-state index in [4.69, 9.17) is 18.9 Å².